The molecule has 0 bridgehead atoms. The smallest absolute Gasteiger partial charge is 0.223 e. The van der Waals surface area contributed by atoms with Gasteiger partial charge in [-0.2, -0.15) is 0 Å². The fourth-order valence-electron chi connectivity index (χ4n) is 2.12. The standard InChI is InChI=1S/C8H12FNO2/c9-6-3-8(5-11)2-1-7(12)10(8)4-6/h6,11H,1-5H2/t6-,8+/m1/s1/i6D. The number of rotatable bonds is 1. The maximum Gasteiger partial charge on any atom is 0.223 e. The van der Waals surface area contributed by atoms with Gasteiger partial charge >= 0.3 is 0 Å². The highest BCUT2D eigenvalue weighted by Crippen LogP contribution is 2.40. The quantitative estimate of drug-likeness (QED) is 0.611. The highest BCUT2D eigenvalue weighted by atomic mass is 19.1. The third-order valence-electron chi connectivity index (χ3n) is 2.82. The van der Waals surface area contributed by atoms with Gasteiger partial charge in [-0.15, -0.1) is 0 Å². The van der Waals surface area contributed by atoms with Gasteiger partial charge in [0, 0.05) is 12.8 Å². The Hall–Kier alpha value is -0.640. The van der Waals surface area contributed by atoms with Crippen LogP contribution < -0.4 is 0 Å². The molecule has 2 heterocycles. The molecular formula is C8H12FNO2. The van der Waals surface area contributed by atoms with Gasteiger partial charge in [0.05, 0.1) is 20.1 Å². The normalized spacial score (nSPS) is 48.0. The topological polar surface area (TPSA) is 40.5 Å². The Bertz CT molecular complexity index is 259. The maximum absolute atomic E-state index is 13.3. The van der Waals surface area contributed by atoms with Crippen molar-refractivity contribution in [2.45, 2.75) is 30.9 Å². The van der Waals surface area contributed by atoms with Crippen LogP contribution in [0.1, 0.15) is 20.6 Å². The van der Waals surface area contributed by atoms with Crippen molar-refractivity contribution in [2.24, 2.45) is 0 Å². The second kappa shape index (κ2) is 2.42. The Labute approximate surface area is 71.6 Å². The summed E-state index contributed by atoms with van der Waals surface area (Å²) in [5.74, 6) is -0.138. The highest BCUT2D eigenvalue weighted by molar-refractivity contribution is 5.80. The van der Waals surface area contributed by atoms with Crippen LogP contribution in [0.5, 0.6) is 0 Å². The van der Waals surface area contributed by atoms with Gasteiger partial charge in [-0.1, -0.05) is 0 Å². The number of nitrogens with zero attached hydrogens (tertiary/aromatic N) is 1. The molecular weight excluding hydrogens is 161 g/mol. The second-order valence-electron chi connectivity index (χ2n) is 3.56. The van der Waals surface area contributed by atoms with Crippen LogP contribution in [0.3, 0.4) is 0 Å². The number of carbonyl (C=O) groups excluding carboxylic acids is 1. The van der Waals surface area contributed by atoms with Crippen LogP contribution in [0.2, 0.25) is 0 Å². The molecule has 1 N–H and O–H groups in total. The van der Waals surface area contributed by atoms with Crippen LogP contribution in [0, 0.1) is 0 Å². The number of alkyl halides is 1. The summed E-state index contributed by atoms with van der Waals surface area (Å²) < 4.78 is 20.5. The lowest BCUT2D eigenvalue weighted by Gasteiger charge is -2.28. The molecule has 4 heteroatoms. The number of aliphatic hydroxyl groups excluding tert-OH is 1. The van der Waals surface area contributed by atoms with E-state index in [0.717, 1.165) is 0 Å². The van der Waals surface area contributed by atoms with E-state index in [9.17, 15) is 9.18 Å². The van der Waals surface area contributed by atoms with Gasteiger partial charge < -0.3 is 10.0 Å². The molecule has 2 saturated heterocycles. The first kappa shape index (κ1) is 6.83. The first-order valence-corrected chi connectivity index (χ1v) is 4.09. The number of carbonyl (C=O) groups is 1. The van der Waals surface area contributed by atoms with E-state index >= 15 is 0 Å². The molecule has 2 atom stereocenters. The first-order valence-electron chi connectivity index (χ1n) is 4.59. The minimum absolute atomic E-state index is 0.0533. The van der Waals surface area contributed by atoms with Crippen LogP contribution in [0.25, 0.3) is 0 Å². The van der Waals surface area contributed by atoms with Gasteiger partial charge in [0.1, 0.15) is 6.15 Å². The van der Waals surface area contributed by atoms with Crippen LogP contribution >= 0.6 is 0 Å². The fraction of sp³-hybridized carbons (Fsp3) is 0.875. The number of halogens is 1. The molecule has 2 rings (SSSR count). The summed E-state index contributed by atoms with van der Waals surface area (Å²) >= 11 is 0. The summed E-state index contributed by atoms with van der Waals surface area (Å²) in [4.78, 5) is 12.6. The predicted molar refractivity (Wildman–Crippen MR) is 40.3 cm³/mol. The van der Waals surface area contributed by atoms with Crippen molar-refractivity contribution in [2.75, 3.05) is 13.2 Å². The van der Waals surface area contributed by atoms with Crippen LogP contribution in [-0.2, 0) is 4.79 Å². The Balaban J connectivity index is 2.29. The number of hydrogen-bond acceptors (Lipinski definition) is 2. The van der Waals surface area contributed by atoms with E-state index in [1.807, 2.05) is 0 Å². The summed E-state index contributed by atoms with van der Waals surface area (Å²) in [5.41, 5.74) is -0.770. The van der Waals surface area contributed by atoms with Crippen molar-refractivity contribution in [3.63, 3.8) is 0 Å². The molecule has 2 fully saturated rings. The summed E-state index contributed by atoms with van der Waals surface area (Å²) in [6.07, 6.45) is -1.27. The molecule has 2 aliphatic heterocycles. The Morgan fingerprint density at radius 2 is 2.67 bits per heavy atom. The zero-order valence-corrected chi connectivity index (χ0v) is 6.72. The van der Waals surface area contributed by atoms with E-state index in [-0.39, 0.29) is 25.5 Å². The van der Waals surface area contributed by atoms with Crippen molar-refractivity contribution >= 4 is 5.91 Å². The van der Waals surface area contributed by atoms with Crippen LogP contribution in [-0.4, -0.2) is 40.8 Å². The lowest BCUT2D eigenvalue weighted by atomic mass is 9.95. The van der Waals surface area contributed by atoms with Gasteiger partial charge in [-0.25, -0.2) is 4.39 Å². The molecule has 2 aliphatic rings. The minimum atomic E-state index is -2.07. The van der Waals surface area contributed by atoms with Gasteiger partial charge in [-0.3, -0.25) is 4.79 Å². The number of amides is 1. The van der Waals surface area contributed by atoms with Crippen molar-refractivity contribution in [1.29, 1.82) is 0 Å². The van der Waals surface area contributed by atoms with Crippen molar-refractivity contribution in [1.82, 2.24) is 4.90 Å². The molecule has 0 aromatic carbocycles. The molecule has 0 spiro atoms. The van der Waals surface area contributed by atoms with E-state index in [2.05, 4.69) is 0 Å². The van der Waals surface area contributed by atoms with Gasteiger partial charge in [0.25, 0.3) is 0 Å². The van der Waals surface area contributed by atoms with E-state index in [4.69, 9.17) is 6.48 Å². The van der Waals surface area contributed by atoms with E-state index in [1.165, 1.54) is 4.90 Å². The third-order valence-corrected chi connectivity index (χ3v) is 2.82. The molecule has 0 saturated carbocycles. The SMILES string of the molecule is [2H][C@]1(F)CN2C(=O)CC[C@@]2(CO)C1. The van der Waals surface area contributed by atoms with Crippen molar-refractivity contribution in [3.05, 3.63) is 0 Å². The molecule has 0 unspecified atom stereocenters. The zero-order chi connectivity index (χ0) is 9.69. The van der Waals surface area contributed by atoms with Crippen LogP contribution in [0.15, 0.2) is 0 Å². The molecule has 3 nitrogen and oxygen atoms in total. The average Bonchev–Trinajstić information content (AvgIpc) is 2.47. The summed E-state index contributed by atoms with van der Waals surface area (Å²) in [7, 11) is 0. The highest BCUT2D eigenvalue weighted by Gasteiger charge is 2.51. The predicted octanol–water partition coefficient (Wildman–Crippen LogP) is 0.0817. The number of hydrogen-bond donors (Lipinski definition) is 1. The molecule has 0 aliphatic carbocycles. The van der Waals surface area contributed by atoms with Gasteiger partial charge in [-0.05, 0) is 6.42 Å². The number of fused-ring (bicyclic) bond motifs is 1. The van der Waals surface area contributed by atoms with E-state index in [1.54, 1.807) is 0 Å². The Morgan fingerprint density at radius 1 is 1.92 bits per heavy atom. The monoisotopic (exact) mass is 174 g/mol. The summed E-state index contributed by atoms with van der Waals surface area (Å²) in [6.45, 7) is -0.421. The maximum atomic E-state index is 13.3. The Morgan fingerprint density at radius 3 is 3.25 bits per heavy atom. The van der Waals surface area contributed by atoms with Gasteiger partial charge in [0.2, 0.25) is 5.91 Å². The third kappa shape index (κ3) is 0.874. The van der Waals surface area contributed by atoms with Crippen LogP contribution in [0.4, 0.5) is 4.39 Å². The van der Waals surface area contributed by atoms with Crippen molar-refractivity contribution in [3.8, 4) is 0 Å². The number of aliphatic hydroxyl groups is 1. The van der Waals surface area contributed by atoms with Crippen molar-refractivity contribution < 1.29 is 15.7 Å². The lowest BCUT2D eigenvalue weighted by molar-refractivity contribution is -0.130. The summed E-state index contributed by atoms with van der Waals surface area (Å²) in [6, 6.07) is 0. The Kier molecular flexibility index (Phi) is 1.38. The largest absolute Gasteiger partial charge is 0.394 e. The minimum Gasteiger partial charge on any atom is -0.394 e. The molecule has 68 valence electrons. The molecule has 12 heavy (non-hydrogen) atoms. The van der Waals surface area contributed by atoms with E-state index in [0.29, 0.717) is 12.8 Å². The molecule has 1 amide bonds. The molecule has 0 aromatic heterocycles. The molecule has 0 radical (unpaired) electrons. The van der Waals surface area contributed by atoms with Gasteiger partial charge in [0.15, 0.2) is 0 Å². The summed E-state index contributed by atoms with van der Waals surface area (Å²) in [5, 5.41) is 9.13. The molecule has 0 aromatic rings. The van der Waals surface area contributed by atoms with E-state index < -0.39 is 11.7 Å². The first-order chi connectivity index (χ1) is 5.99. The zero-order valence-electron chi connectivity index (χ0n) is 7.72. The lowest BCUT2D eigenvalue weighted by Crippen LogP contribution is -2.43. The average molecular weight is 174 g/mol. The second-order valence-corrected chi connectivity index (χ2v) is 3.56. The fourth-order valence-corrected chi connectivity index (χ4v) is 2.12.